The number of nitrogens with zero attached hydrogens (tertiary/aromatic N) is 5. The van der Waals surface area contributed by atoms with Crippen molar-refractivity contribution in [2.75, 3.05) is 50.0 Å². The molecule has 1 saturated heterocycles. The normalized spacial score (nSPS) is 15.3. The van der Waals surface area contributed by atoms with E-state index >= 15 is 0 Å². The second-order valence-electron chi connectivity index (χ2n) is 5.31. The number of aryl methyl sites for hydroxylation is 1. The summed E-state index contributed by atoms with van der Waals surface area (Å²) in [6.45, 7) is 7.36. The van der Waals surface area contributed by atoms with Crippen LogP contribution >= 0.6 is 0 Å². The Hall–Kier alpha value is -2.32. The topological polar surface area (TPSA) is 88.1 Å². The van der Waals surface area contributed by atoms with E-state index in [0.717, 1.165) is 50.9 Å². The first-order valence-corrected chi connectivity index (χ1v) is 7.72. The van der Waals surface area contributed by atoms with Crippen molar-refractivity contribution in [1.29, 1.82) is 0 Å². The summed E-state index contributed by atoms with van der Waals surface area (Å²) in [5, 5.41) is 6.41. The molecule has 1 fully saturated rings. The fourth-order valence-corrected chi connectivity index (χ4v) is 2.36. The SMILES string of the molecule is Cc1cc(NCCN2CCOCC2)nc(Nc2cnccn2)n1. The van der Waals surface area contributed by atoms with E-state index in [1.54, 1.807) is 18.6 Å². The lowest BCUT2D eigenvalue weighted by atomic mass is 10.4. The largest absolute Gasteiger partial charge is 0.379 e. The van der Waals surface area contributed by atoms with Gasteiger partial charge in [-0.3, -0.25) is 9.88 Å². The molecule has 2 N–H and O–H groups in total. The molecule has 1 aliphatic rings. The van der Waals surface area contributed by atoms with E-state index in [4.69, 9.17) is 4.74 Å². The van der Waals surface area contributed by atoms with Crippen LogP contribution in [0.15, 0.2) is 24.7 Å². The van der Waals surface area contributed by atoms with E-state index < -0.39 is 0 Å². The number of anilines is 3. The van der Waals surface area contributed by atoms with Gasteiger partial charge in [0.1, 0.15) is 5.82 Å². The maximum atomic E-state index is 5.35. The molecule has 122 valence electrons. The van der Waals surface area contributed by atoms with Crippen molar-refractivity contribution in [2.45, 2.75) is 6.92 Å². The first-order valence-electron chi connectivity index (χ1n) is 7.72. The lowest BCUT2D eigenvalue weighted by Crippen LogP contribution is -2.39. The van der Waals surface area contributed by atoms with Gasteiger partial charge in [-0.2, -0.15) is 4.98 Å². The van der Waals surface area contributed by atoms with E-state index in [-0.39, 0.29) is 0 Å². The molecule has 0 bridgehead atoms. The minimum atomic E-state index is 0.513. The quantitative estimate of drug-likeness (QED) is 0.818. The highest BCUT2D eigenvalue weighted by Gasteiger charge is 2.09. The summed E-state index contributed by atoms with van der Waals surface area (Å²) in [5.41, 5.74) is 0.889. The van der Waals surface area contributed by atoms with Gasteiger partial charge in [0, 0.05) is 50.3 Å². The third kappa shape index (κ3) is 4.83. The molecule has 0 aromatic carbocycles. The summed E-state index contributed by atoms with van der Waals surface area (Å²) < 4.78 is 5.35. The van der Waals surface area contributed by atoms with E-state index in [1.165, 1.54) is 0 Å². The Morgan fingerprint density at radius 2 is 2.04 bits per heavy atom. The molecule has 2 aromatic heterocycles. The molecule has 0 atom stereocenters. The van der Waals surface area contributed by atoms with Gasteiger partial charge in [0.15, 0.2) is 5.82 Å². The fraction of sp³-hybridized carbons (Fsp3) is 0.467. The Morgan fingerprint density at radius 3 is 2.83 bits per heavy atom. The highest BCUT2D eigenvalue weighted by Crippen LogP contribution is 2.13. The predicted molar refractivity (Wildman–Crippen MR) is 87.8 cm³/mol. The number of rotatable bonds is 6. The standard InChI is InChI=1S/C15H21N7O/c1-12-10-13(18-4-5-22-6-8-23-9-7-22)20-15(19-12)21-14-11-16-2-3-17-14/h2-3,10-11H,4-9H2,1H3,(H2,17,18,19,20,21). The van der Waals surface area contributed by atoms with E-state index in [1.807, 2.05) is 13.0 Å². The molecule has 8 heteroatoms. The maximum absolute atomic E-state index is 5.35. The van der Waals surface area contributed by atoms with Crippen LogP contribution in [0.3, 0.4) is 0 Å². The summed E-state index contributed by atoms with van der Waals surface area (Å²) in [7, 11) is 0. The number of ether oxygens (including phenoxy) is 1. The fourth-order valence-electron chi connectivity index (χ4n) is 2.36. The van der Waals surface area contributed by atoms with Crippen molar-refractivity contribution in [3.8, 4) is 0 Å². The summed E-state index contributed by atoms with van der Waals surface area (Å²) in [4.78, 5) is 19.4. The number of hydrogen-bond acceptors (Lipinski definition) is 8. The van der Waals surface area contributed by atoms with Crippen LogP contribution in [-0.4, -0.2) is 64.2 Å². The van der Waals surface area contributed by atoms with Crippen LogP contribution in [-0.2, 0) is 4.74 Å². The minimum Gasteiger partial charge on any atom is -0.379 e. The molecular weight excluding hydrogens is 294 g/mol. The van der Waals surface area contributed by atoms with E-state index in [9.17, 15) is 0 Å². The zero-order valence-electron chi connectivity index (χ0n) is 13.2. The molecule has 1 aliphatic heterocycles. The van der Waals surface area contributed by atoms with E-state index in [0.29, 0.717) is 11.8 Å². The van der Waals surface area contributed by atoms with Gasteiger partial charge in [0.25, 0.3) is 0 Å². The predicted octanol–water partition coefficient (Wildman–Crippen LogP) is 1.06. The maximum Gasteiger partial charge on any atom is 0.230 e. The molecule has 0 unspecified atom stereocenters. The van der Waals surface area contributed by atoms with Crippen molar-refractivity contribution in [2.24, 2.45) is 0 Å². The molecule has 0 amide bonds. The third-order valence-electron chi connectivity index (χ3n) is 3.50. The first-order chi connectivity index (χ1) is 11.3. The van der Waals surface area contributed by atoms with Crippen LogP contribution in [0.25, 0.3) is 0 Å². The second kappa shape index (κ2) is 7.80. The van der Waals surface area contributed by atoms with Gasteiger partial charge < -0.3 is 15.4 Å². The smallest absolute Gasteiger partial charge is 0.230 e. The van der Waals surface area contributed by atoms with Crippen LogP contribution in [0.4, 0.5) is 17.6 Å². The summed E-state index contributed by atoms with van der Waals surface area (Å²) in [6, 6.07) is 1.93. The van der Waals surface area contributed by atoms with Gasteiger partial charge in [-0.25, -0.2) is 9.97 Å². The molecule has 2 aromatic rings. The van der Waals surface area contributed by atoms with Crippen LogP contribution in [0, 0.1) is 6.92 Å². The number of nitrogens with one attached hydrogen (secondary N) is 2. The third-order valence-corrected chi connectivity index (χ3v) is 3.50. The summed E-state index contributed by atoms with van der Waals surface area (Å²) >= 11 is 0. The zero-order valence-corrected chi connectivity index (χ0v) is 13.2. The summed E-state index contributed by atoms with van der Waals surface area (Å²) in [6.07, 6.45) is 4.89. The van der Waals surface area contributed by atoms with Gasteiger partial charge in [-0.15, -0.1) is 0 Å². The van der Waals surface area contributed by atoms with Crippen molar-refractivity contribution in [3.05, 3.63) is 30.4 Å². The van der Waals surface area contributed by atoms with Crippen LogP contribution < -0.4 is 10.6 Å². The van der Waals surface area contributed by atoms with Gasteiger partial charge in [0.05, 0.1) is 19.4 Å². The number of morpholine rings is 1. The minimum absolute atomic E-state index is 0.513. The average molecular weight is 315 g/mol. The second-order valence-corrected chi connectivity index (χ2v) is 5.31. The molecule has 8 nitrogen and oxygen atoms in total. The van der Waals surface area contributed by atoms with Gasteiger partial charge in [-0.05, 0) is 6.92 Å². The molecule has 3 rings (SSSR count). The van der Waals surface area contributed by atoms with Gasteiger partial charge >= 0.3 is 0 Å². The highest BCUT2D eigenvalue weighted by molar-refractivity contribution is 5.50. The Balaban J connectivity index is 1.56. The Kier molecular flexibility index (Phi) is 5.28. The Labute approximate surface area is 135 Å². The molecule has 0 saturated carbocycles. The molecule has 23 heavy (non-hydrogen) atoms. The molecule has 0 aliphatic carbocycles. The van der Waals surface area contributed by atoms with E-state index in [2.05, 4.69) is 35.5 Å². The molecule has 3 heterocycles. The van der Waals surface area contributed by atoms with Crippen LogP contribution in [0.5, 0.6) is 0 Å². The Bertz CT molecular complexity index is 616. The molecular formula is C15H21N7O. The zero-order chi connectivity index (χ0) is 15.9. The molecule has 0 spiro atoms. The molecule has 0 radical (unpaired) electrons. The lowest BCUT2D eigenvalue weighted by Gasteiger charge is -2.26. The lowest BCUT2D eigenvalue weighted by molar-refractivity contribution is 0.0398. The highest BCUT2D eigenvalue weighted by atomic mass is 16.5. The average Bonchev–Trinajstić information content (AvgIpc) is 2.56. The first kappa shape index (κ1) is 15.6. The van der Waals surface area contributed by atoms with Crippen molar-refractivity contribution in [3.63, 3.8) is 0 Å². The van der Waals surface area contributed by atoms with Crippen LogP contribution in [0.1, 0.15) is 5.69 Å². The van der Waals surface area contributed by atoms with Crippen molar-refractivity contribution in [1.82, 2.24) is 24.8 Å². The Morgan fingerprint density at radius 1 is 1.17 bits per heavy atom. The van der Waals surface area contributed by atoms with Gasteiger partial charge in [0.2, 0.25) is 5.95 Å². The number of aromatic nitrogens is 4. The van der Waals surface area contributed by atoms with Crippen molar-refractivity contribution >= 4 is 17.6 Å². The van der Waals surface area contributed by atoms with Crippen molar-refractivity contribution < 1.29 is 4.74 Å². The number of hydrogen-bond donors (Lipinski definition) is 2. The summed E-state index contributed by atoms with van der Waals surface area (Å²) in [5.74, 6) is 1.94. The van der Waals surface area contributed by atoms with Crippen LogP contribution in [0.2, 0.25) is 0 Å². The van der Waals surface area contributed by atoms with Gasteiger partial charge in [-0.1, -0.05) is 0 Å². The monoisotopic (exact) mass is 315 g/mol.